The molecule has 4 nitrogen and oxygen atoms in total. The number of nitrogens with two attached hydrogens (primary N) is 2. The van der Waals surface area contributed by atoms with Gasteiger partial charge in [0.15, 0.2) is 5.78 Å². The summed E-state index contributed by atoms with van der Waals surface area (Å²) < 4.78 is 0. The van der Waals surface area contributed by atoms with Crippen molar-refractivity contribution < 1.29 is 4.79 Å². The van der Waals surface area contributed by atoms with Gasteiger partial charge in [0, 0.05) is 11.8 Å². The number of carbonyl (C=O) groups excluding carboxylic acids is 1. The summed E-state index contributed by atoms with van der Waals surface area (Å²) in [7, 11) is 0. The molecule has 1 rings (SSSR count). The van der Waals surface area contributed by atoms with E-state index in [0.717, 1.165) is 0 Å². The predicted molar refractivity (Wildman–Crippen MR) is 56.5 cm³/mol. The van der Waals surface area contributed by atoms with Gasteiger partial charge in [0.05, 0.1) is 6.54 Å². The van der Waals surface area contributed by atoms with Gasteiger partial charge >= 0.3 is 0 Å². The monoisotopic (exact) mass is 223 g/mol. The van der Waals surface area contributed by atoms with Crippen LogP contribution in [0.1, 0.15) is 10.4 Å². The van der Waals surface area contributed by atoms with Crippen molar-refractivity contribution in [3.8, 4) is 0 Å². The molecule has 0 amide bonds. The summed E-state index contributed by atoms with van der Waals surface area (Å²) >= 11 is 0. The molecule has 4 N–H and O–H groups in total. The van der Waals surface area contributed by atoms with E-state index in [9.17, 15) is 4.79 Å². The van der Waals surface area contributed by atoms with Crippen molar-refractivity contribution >= 4 is 36.4 Å². The van der Waals surface area contributed by atoms with Crippen LogP contribution in [0.15, 0.2) is 18.3 Å². The zero-order valence-corrected chi connectivity index (χ0v) is 8.40. The summed E-state index contributed by atoms with van der Waals surface area (Å²) in [4.78, 5) is 14.7. The fraction of sp³-hybridized carbons (Fsp3) is 0.143. The Morgan fingerprint density at radius 2 is 2.08 bits per heavy atom. The molecule has 0 radical (unpaired) electrons. The maximum absolute atomic E-state index is 11.0. The molecule has 0 saturated carbocycles. The zero-order valence-electron chi connectivity index (χ0n) is 6.77. The number of aromatic nitrogens is 1. The van der Waals surface area contributed by atoms with E-state index in [2.05, 4.69) is 4.98 Å². The minimum atomic E-state index is -0.126. The Bertz CT molecular complexity index is 280. The number of hydrogen-bond acceptors (Lipinski definition) is 4. The Kier molecular flexibility index (Phi) is 7.51. The smallest absolute Gasteiger partial charge is 0.176 e. The second-order valence-electron chi connectivity index (χ2n) is 2.10. The average Bonchev–Trinajstić information content (AvgIpc) is 2.03. The van der Waals surface area contributed by atoms with Gasteiger partial charge in [-0.1, -0.05) is 0 Å². The highest BCUT2D eigenvalue weighted by molar-refractivity contribution is 5.97. The summed E-state index contributed by atoms with van der Waals surface area (Å²) in [6, 6.07) is 3.10. The van der Waals surface area contributed by atoms with Gasteiger partial charge in [0.1, 0.15) is 5.82 Å². The molecule has 74 valence electrons. The van der Waals surface area contributed by atoms with E-state index in [4.69, 9.17) is 11.5 Å². The minimum absolute atomic E-state index is 0. The molecular formula is C7H11Cl2N3O. The van der Waals surface area contributed by atoms with Crippen molar-refractivity contribution in [1.82, 2.24) is 4.98 Å². The molecule has 1 heterocycles. The van der Waals surface area contributed by atoms with E-state index < -0.39 is 0 Å². The highest BCUT2D eigenvalue weighted by atomic mass is 35.5. The first-order chi connectivity index (χ1) is 5.24. The molecule has 1 aromatic heterocycles. The van der Waals surface area contributed by atoms with Gasteiger partial charge in [-0.25, -0.2) is 4.98 Å². The van der Waals surface area contributed by atoms with Crippen molar-refractivity contribution in [2.45, 2.75) is 0 Å². The third-order valence-corrected chi connectivity index (χ3v) is 1.29. The van der Waals surface area contributed by atoms with Gasteiger partial charge in [-0.15, -0.1) is 24.8 Å². The van der Waals surface area contributed by atoms with E-state index >= 15 is 0 Å². The fourth-order valence-electron chi connectivity index (χ4n) is 0.740. The van der Waals surface area contributed by atoms with Crippen LogP contribution < -0.4 is 11.5 Å². The second kappa shape index (κ2) is 6.65. The van der Waals surface area contributed by atoms with Crippen LogP contribution in [0.3, 0.4) is 0 Å². The van der Waals surface area contributed by atoms with Crippen LogP contribution in [0.25, 0.3) is 0 Å². The van der Waals surface area contributed by atoms with Crippen LogP contribution in [0.4, 0.5) is 5.82 Å². The molecule has 0 aromatic carbocycles. The molecule has 0 atom stereocenters. The molecule has 0 aliphatic rings. The molecule has 0 aliphatic carbocycles. The highest BCUT2D eigenvalue weighted by Gasteiger charge is 2.01. The lowest BCUT2D eigenvalue weighted by molar-refractivity contribution is 0.100. The Hall–Kier alpha value is -0.840. The van der Waals surface area contributed by atoms with E-state index in [-0.39, 0.29) is 37.1 Å². The number of nitrogens with zero attached hydrogens (tertiary/aromatic N) is 1. The van der Waals surface area contributed by atoms with Gasteiger partial charge in [0.2, 0.25) is 0 Å². The van der Waals surface area contributed by atoms with Crippen molar-refractivity contribution in [3.63, 3.8) is 0 Å². The number of nitrogen functional groups attached to an aromatic ring is 1. The number of Topliss-reactive ketones (excluding diaryl/α,β-unsaturated/α-hetero) is 1. The lowest BCUT2D eigenvalue weighted by atomic mass is 10.2. The zero-order chi connectivity index (χ0) is 8.27. The Labute approximate surface area is 88.5 Å². The van der Waals surface area contributed by atoms with Crippen LogP contribution >= 0.6 is 24.8 Å². The largest absolute Gasteiger partial charge is 0.384 e. The Morgan fingerprint density at radius 1 is 1.46 bits per heavy atom. The van der Waals surface area contributed by atoms with Crippen molar-refractivity contribution in [2.75, 3.05) is 12.3 Å². The first-order valence-electron chi connectivity index (χ1n) is 3.19. The number of halogens is 2. The SMILES string of the molecule is Cl.Cl.NCC(=O)c1ccnc(N)c1. The number of hydrogen-bond donors (Lipinski definition) is 2. The number of rotatable bonds is 2. The number of ketones is 1. The Balaban J connectivity index is 0. The van der Waals surface area contributed by atoms with Crippen molar-refractivity contribution in [3.05, 3.63) is 23.9 Å². The normalized spacial score (nSPS) is 8.08. The quantitative estimate of drug-likeness (QED) is 0.722. The predicted octanol–water partition coefficient (Wildman–Crippen LogP) is 0.649. The maximum atomic E-state index is 11.0. The molecule has 6 heteroatoms. The third kappa shape index (κ3) is 4.07. The van der Waals surface area contributed by atoms with Crippen LogP contribution in [0.5, 0.6) is 0 Å². The summed E-state index contributed by atoms with van der Waals surface area (Å²) in [5, 5.41) is 0. The van der Waals surface area contributed by atoms with E-state index in [1.807, 2.05) is 0 Å². The lowest BCUT2D eigenvalue weighted by Gasteiger charge is -1.96. The molecule has 0 spiro atoms. The standard InChI is InChI=1S/C7H9N3O.2ClH/c8-4-6(11)5-1-2-10-7(9)3-5;;/h1-3H,4,8H2,(H2,9,10);2*1H. The van der Waals surface area contributed by atoms with Crippen molar-refractivity contribution in [2.24, 2.45) is 5.73 Å². The summed E-state index contributed by atoms with van der Waals surface area (Å²) in [6.45, 7) is 0.00343. The molecule has 0 saturated heterocycles. The van der Waals surface area contributed by atoms with Crippen LogP contribution in [0.2, 0.25) is 0 Å². The lowest BCUT2D eigenvalue weighted by Crippen LogP contribution is -2.13. The highest BCUT2D eigenvalue weighted by Crippen LogP contribution is 2.02. The van der Waals surface area contributed by atoms with Gasteiger partial charge < -0.3 is 11.5 Å². The van der Waals surface area contributed by atoms with Crippen molar-refractivity contribution in [1.29, 1.82) is 0 Å². The van der Waals surface area contributed by atoms with Crippen LogP contribution in [-0.4, -0.2) is 17.3 Å². The van der Waals surface area contributed by atoms with E-state index in [1.165, 1.54) is 12.3 Å². The number of pyridine rings is 1. The van der Waals surface area contributed by atoms with E-state index in [0.29, 0.717) is 11.4 Å². The number of carbonyl (C=O) groups is 1. The maximum Gasteiger partial charge on any atom is 0.176 e. The molecule has 13 heavy (non-hydrogen) atoms. The van der Waals surface area contributed by atoms with Crippen LogP contribution in [0, 0.1) is 0 Å². The van der Waals surface area contributed by atoms with Gasteiger partial charge in [-0.05, 0) is 12.1 Å². The first kappa shape index (κ1) is 14.7. The summed E-state index contributed by atoms with van der Waals surface area (Å²) in [6.07, 6.45) is 1.48. The van der Waals surface area contributed by atoms with Gasteiger partial charge in [-0.3, -0.25) is 4.79 Å². The summed E-state index contributed by atoms with van der Waals surface area (Å²) in [5.74, 6) is 0.211. The molecule has 1 aromatic rings. The number of anilines is 1. The average molecular weight is 224 g/mol. The summed E-state index contributed by atoms with van der Waals surface area (Å²) in [5.41, 5.74) is 11.0. The minimum Gasteiger partial charge on any atom is -0.384 e. The molecule has 0 unspecified atom stereocenters. The third-order valence-electron chi connectivity index (χ3n) is 1.29. The van der Waals surface area contributed by atoms with E-state index in [1.54, 1.807) is 6.07 Å². The topological polar surface area (TPSA) is 82.0 Å². The van der Waals surface area contributed by atoms with Crippen LogP contribution in [-0.2, 0) is 0 Å². The van der Waals surface area contributed by atoms with Gasteiger partial charge in [-0.2, -0.15) is 0 Å². The Morgan fingerprint density at radius 3 is 2.54 bits per heavy atom. The van der Waals surface area contributed by atoms with Gasteiger partial charge in [0.25, 0.3) is 0 Å². The fourth-order valence-corrected chi connectivity index (χ4v) is 0.740. The second-order valence-corrected chi connectivity index (χ2v) is 2.10. The molecule has 0 bridgehead atoms. The molecular weight excluding hydrogens is 213 g/mol. The molecule has 0 fully saturated rings. The molecule has 0 aliphatic heterocycles. The first-order valence-corrected chi connectivity index (χ1v) is 3.19.